The van der Waals surface area contributed by atoms with Gasteiger partial charge in [0.05, 0.1) is 18.7 Å². The van der Waals surface area contributed by atoms with Gasteiger partial charge in [0.1, 0.15) is 5.75 Å². The summed E-state index contributed by atoms with van der Waals surface area (Å²) < 4.78 is 5.75. The number of benzene rings is 1. The molecule has 1 aliphatic rings. The molecule has 1 fully saturated rings. The molecule has 1 aromatic rings. The third kappa shape index (κ3) is 4.04. The summed E-state index contributed by atoms with van der Waals surface area (Å²) in [5.74, 6) is 0.570. The average molecular weight is 262 g/mol. The van der Waals surface area contributed by atoms with Crippen LogP contribution in [0.3, 0.4) is 0 Å². The summed E-state index contributed by atoms with van der Waals surface area (Å²) in [5.41, 5.74) is 5.99. The summed E-state index contributed by atoms with van der Waals surface area (Å²) in [6.07, 6.45) is 4.75. The highest BCUT2D eigenvalue weighted by Gasteiger charge is 2.14. The van der Waals surface area contributed by atoms with Crippen LogP contribution in [0.5, 0.6) is 5.75 Å². The molecule has 0 spiro atoms. The lowest BCUT2D eigenvalue weighted by molar-refractivity contribution is 0.0997. The number of hydrogen-bond acceptors (Lipinski definition) is 4. The quantitative estimate of drug-likeness (QED) is 0.766. The molecule has 104 valence electrons. The third-order valence-corrected chi connectivity index (χ3v) is 3.51. The van der Waals surface area contributed by atoms with Crippen LogP contribution in [0.1, 0.15) is 36.0 Å². The molecule has 0 aliphatic carbocycles. The molecule has 19 heavy (non-hydrogen) atoms. The fourth-order valence-electron chi connectivity index (χ4n) is 2.41. The van der Waals surface area contributed by atoms with Crippen molar-refractivity contribution in [3.8, 4) is 5.75 Å². The Hall–Kier alpha value is -1.39. The largest absolute Gasteiger partial charge is 0.493 e. The third-order valence-electron chi connectivity index (χ3n) is 3.51. The van der Waals surface area contributed by atoms with Crippen molar-refractivity contribution in [3.05, 3.63) is 29.8 Å². The number of nitrogens with two attached hydrogens (primary N) is 1. The number of ether oxygens (including phenoxy) is 1. The highest BCUT2D eigenvalue weighted by molar-refractivity contribution is 5.99. The number of ketones is 1. The molecule has 1 aliphatic heterocycles. The van der Waals surface area contributed by atoms with Crippen molar-refractivity contribution in [1.82, 2.24) is 5.32 Å². The van der Waals surface area contributed by atoms with Gasteiger partial charge >= 0.3 is 0 Å². The summed E-state index contributed by atoms with van der Waals surface area (Å²) in [5, 5.41) is 3.49. The fourth-order valence-corrected chi connectivity index (χ4v) is 2.41. The molecule has 1 heterocycles. The lowest BCUT2D eigenvalue weighted by atomic mass is 10.0. The van der Waals surface area contributed by atoms with E-state index in [-0.39, 0.29) is 12.3 Å². The first-order valence-corrected chi connectivity index (χ1v) is 6.99. The number of hydrogen-bond donors (Lipinski definition) is 2. The second kappa shape index (κ2) is 7.26. The summed E-state index contributed by atoms with van der Waals surface area (Å²) in [6, 6.07) is 7.85. The van der Waals surface area contributed by atoms with Gasteiger partial charge in [-0.15, -0.1) is 0 Å². The van der Waals surface area contributed by atoms with E-state index < -0.39 is 0 Å². The number of carbonyl (C=O) groups is 1. The van der Waals surface area contributed by atoms with Crippen molar-refractivity contribution in [2.45, 2.75) is 31.7 Å². The van der Waals surface area contributed by atoms with Crippen LogP contribution < -0.4 is 15.8 Å². The van der Waals surface area contributed by atoms with Gasteiger partial charge in [-0.05, 0) is 37.9 Å². The number of para-hydroxylation sites is 1. The van der Waals surface area contributed by atoms with Gasteiger partial charge in [-0.3, -0.25) is 4.79 Å². The molecule has 1 aromatic carbocycles. The molecule has 3 N–H and O–H groups in total. The minimum Gasteiger partial charge on any atom is -0.493 e. The number of Topliss-reactive ketones (excluding diaryl/α,β-unsaturated/α-hetero) is 1. The Labute approximate surface area is 114 Å². The Balaban J connectivity index is 1.86. The first-order valence-electron chi connectivity index (χ1n) is 6.99. The van der Waals surface area contributed by atoms with Crippen LogP contribution in [0.25, 0.3) is 0 Å². The molecule has 0 bridgehead atoms. The summed E-state index contributed by atoms with van der Waals surface area (Å²) >= 11 is 0. The van der Waals surface area contributed by atoms with Crippen LogP contribution >= 0.6 is 0 Å². The number of piperidine rings is 1. The van der Waals surface area contributed by atoms with Crippen molar-refractivity contribution in [1.29, 1.82) is 0 Å². The van der Waals surface area contributed by atoms with E-state index in [9.17, 15) is 4.79 Å². The van der Waals surface area contributed by atoms with Crippen LogP contribution in [0.15, 0.2) is 24.3 Å². The van der Waals surface area contributed by atoms with Gasteiger partial charge in [-0.2, -0.15) is 0 Å². The predicted molar refractivity (Wildman–Crippen MR) is 75.6 cm³/mol. The van der Waals surface area contributed by atoms with Crippen molar-refractivity contribution in [3.63, 3.8) is 0 Å². The summed E-state index contributed by atoms with van der Waals surface area (Å²) in [6.45, 7) is 1.75. The number of nitrogens with one attached hydrogen (secondary N) is 1. The van der Waals surface area contributed by atoms with E-state index in [0.29, 0.717) is 24.0 Å². The minimum absolute atomic E-state index is 0.0184. The maximum atomic E-state index is 11.7. The summed E-state index contributed by atoms with van der Waals surface area (Å²) in [4.78, 5) is 11.7. The van der Waals surface area contributed by atoms with E-state index in [0.717, 1.165) is 13.0 Å². The van der Waals surface area contributed by atoms with Gasteiger partial charge in [0.25, 0.3) is 0 Å². The second-order valence-corrected chi connectivity index (χ2v) is 4.91. The Kier molecular flexibility index (Phi) is 5.36. The molecule has 4 nitrogen and oxygen atoms in total. The smallest absolute Gasteiger partial charge is 0.180 e. The highest BCUT2D eigenvalue weighted by atomic mass is 16.5. The first-order chi connectivity index (χ1) is 9.31. The minimum atomic E-state index is -0.0774. The maximum Gasteiger partial charge on any atom is 0.180 e. The monoisotopic (exact) mass is 262 g/mol. The van der Waals surface area contributed by atoms with Gasteiger partial charge in [-0.1, -0.05) is 18.6 Å². The molecule has 0 amide bonds. The lowest BCUT2D eigenvalue weighted by Crippen LogP contribution is -2.35. The Morgan fingerprint density at radius 1 is 1.37 bits per heavy atom. The molecule has 4 heteroatoms. The van der Waals surface area contributed by atoms with E-state index in [4.69, 9.17) is 10.5 Å². The van der Waals surface area contributed by atoms with Gasteiger partial charge in [0.2, 0.25) is 0 Å². The second-order valence-electron chi connectivity index (χ2n) is 4.91. The molecule has 1 atom stereocenters. The molecule has 0 radical (unpaired) electrons. The molecular weight excluding hydrogens is 240 g/mol. The van der Waals surface area contributed by atoms with Crippen molar-refractivity contribution >= 4 is 5.78 Å². The SMILES string of the molecule is NCC(=O)c1ccccc1OCCC1CCCCN1. The number of rotatable bonds is 6. The molecule has 1 unspecified atom stereocenters. The van der Waals surface area contributed by atoms with E-state index in [1.165, 1.54) is 19.3 Å². The van der Waals surface area contributed by atoms with E-state index in [1.807, 2.05) is 18.2 Å². The van der Waals surface area contributed by atoms with Crippen LogP contribution in [-0.2, 0) is 0 Å². The van der Waals surface area contributed by atoms with Crippen LogP contribution in [0.2, 0.25) is 0 Å². The zero-order chi connectivity index (χ0) is 13.5. The normalized spacial score (nSPS) is 19.1. The Bertz CT molecular complexity index is 414. The molecule has 0 saturated carbocycles. The zero-order valence-electron chi connectivity index (χ0n) is 11.2. The van der Waals surface area contributed by atoms with Crippen LogP contribution in [-0.4, -0.2) is 31.5 Å². The first kappa shape index (κ1) is 14.0. The van der Waals surface area contributed by atoms with Crippen molar-refractivity contribution in [2.75, 3.05) is 19.7 Å². The molecular formula is C15H22N2O2. The topological polar surface area (TPSA) is 64.4 Å². The Morgan fingerprint density at radius 2 is 2.21 bits per heavy atom. The van der Waals surface area contributed by atoms with Gasteiger partial charge in [0.15, 0.2) is 5.78 Å². The average Bonchev–Trinajstić information content (AvgIpc) is 2.48. The molecule has 1 saturated heterocycles. The zero-order valence-corrected chi connectivity index (χ0v) is 11.2. The Morgan fingerprint density at radius 3 is 2.95 bits per heavy atom. The van der Waals surface area contributed by atoms with Gasteiger partial charge in [0, 0.05) is 6.04 Å². The van der Waals surface area contributed by atoms with Crippen molar-refractivity contribution in [2.24, 2.45) is 5.73 Å². The summed E-state index contributed by atoms with van der Waals surface area (Å²) in [7, 11) is 0. The van der Waals surface area contributed by atoms with Crippen LogP contribution in [0.4, 0.5) is 0 Å². The lowest BCUT2D eigenvalue weighted by Gasteiger charge is -2.23. The van der Waals surface area contributed by atoms with Gasteiger partial charge < -0.3 is 15.8 Å². The fraction of sp³-hybridized carbons (Fsp3) is 0.533. The highest BCUT2D eigenvalue weighted by Crippen LogP contribution is 2.19. The standard InChI is InChI=1S/C15H22N2O2/c16-11-14(18)13-6-1-2-7-15(13)19-10-8-12-5-3-4-9-17-12/h1-2,6-7,12,17H,3-5,8-11,16H2. The van der Waals surface area contributed by atoms with Crippen molar-refractivity contribution < 1.29 is 9.53 Å². The molecule has 0 aromatic heterocycles. The maximum absolute atomic E-state index is 11.7. The van der Waals surface area contributed by atoms with E-state index >= 15 is 0 Å². The van der Waals surface area contributed by atoms with E-state index in [1.54, 1.807) is 6.07 Å². The molecule has 2 rings (SSSR count). The van der Waals surface area contributed by atoms with Gasteiger partial charge in [-0.25, -0.2) is 0 Å². The van der Waals surface area contributed by atoms with E-state index in [2.05, 4.69) is 5.32 Å². The number of carbonyl (C=O) groups excluding carboxylic acids is 1. The van der Waals surface area contributed by atoms with Crippen LogP contribution in [0, 0.1) is 0 Å². The predicted octanol–water partition coefficient (Wildman–Crippen LogP) is 1.74.